The van der Waals surface area contributed by atoms with Crippen LogP contribution in [0.3, 0.4) is 0 Å². The molecule has 0 saturated carbocycles. The first-order chi connectivity index (χ1) is 9.99. The number of carbonyl (C=O) groups excluding carboxylic acids is 1. The number of carbonyl (C=O) groups is 1. The van der Waals surface area contributed by atoms with Crippen LogP contribution in [0.2, 0.25) is 0 Å². The van der Waals surface area contributed by atoms with Crippen LogP contribution in [0.5, 0.6) is 0 Å². The molecule has 2 aromatic rings. The number of nitrogens with two attached hydrogens (primary N) is 1. The molecule has 0 heterocycles. The molecule has 21 heavy (non-hydrogen) atoms. The van der Waals surface area contributed by atoms with Gasteiger partial charge in [0.15, 0.2) is 0 Å². The highest BCUT2D eigenvalue weighted by Gasteiger charge is 2.19. The van der Waals surface area contributed by atoms with Crippen molar-refractivity contribution in [1.82, 2.24) is 0 Å². The predicted octanol–water partition coefficient (Wildman–Crippen LogP) is 3.57. The molecule has 0 aliphatic heterocycles. The van der Waals surface area contributed by atoms with Gasteiger partial charge in [-0.15, -0.1) is 0 Å². The molecule has 3 N–H and O–H groups in total. The Labute approximate surface area is 121 Å². The van der Waals surface area contributed by atoms with Gasteiger partial charge in [0.1, 0.15) is 6.04 Å². The van der Waals surface area contributed by atoms with Crippen molar-refractivity contribution in [1.29, 1.82) is 0 Å². The summed E-state index contributed by atoms with van der Waals surface area (Å²) in [6, 6.07) is 12.3. The minimum Gasteiger partial charge on any atom is -0.370 e. The van der Waals surface area contributed by atoms with Gasteiger partial charge in [-0.3, -0.25) is 4.79 Å². The fourth-order valence-corrected chi connectivity index (χ4v) is 2.04. The molecule has 0 aromatic heterocycles. The number of amides is 1. The Morgan fingerprint density at radius 2 is 1.62 bits per heavy atom. The Hall–Kier alpha value is -2.43. The Bertz CT molecular complexity index is 626. The van der Waals surface area contributed by atoms with E-state index in [4.69, 9.17) is 5.73 Å². The number of rotatable bonds is 5. The number of halogens is 2. The minimum absolute atomic E-state index is 0.0853. The molecular formula is C16H16F2N2O. The van der Waals surface area contributed by atoms with Gasteiger partial charge in [-0.25, -0.2) is 8.78 Å². The van der Waals surface area contributed by atoms with Crippen molar-refractivity contribution < 1.29 is 13.6 Å². The SMILES string of the molecule is Cc1ccccc1NC(C(N)=O)c1ccc(C(F)F)cc1. The molecule has 1 amide bonds. The third kappa shape index (κ3) is 3.56. The number of alkyl halides is 2. The van der Waals surface area contributed by atoms with Gasteiger partial charge in [-0.1, -0.05) is 42.5 Å². The van der Waals surface area contributed by atoms with E-state index in [9.17, 15) is 13.6 Å². The Kier molecular flexibility index (Phi) is 4.52. The third-order valence-corrected chi connectivity index (χ3v) is 3.25. The average molecular weight is 290 g/mol. The number of aryl methyl sites for hydroxylation is 1. The maximum atomic E-state index is 12.6. The van der Waals surface area contributed by atoms with Gasteiger partial charge >= 0.3 is 0 Å². The molecule has 2 aromatic carbocycles. The van der Waals surface area contributed by atoms with Gasteiger partial charge in [0, 0.05) is 11.3 Å². The number of nitrogens with one attached hydrogen (secondary N) is 1. The zero-order chi connectivity index (χ0) is 15.4. The van der Waals surface area contributed by atoms with Crippen LogP contribution < -0.4 is 11.1 Å². The summed E-state index contributed by atoms with van der Waals surface area (Å²) in [5, 5.41) is 3.05. The summed E-state index contributed by atoms with van der Waals surface area (Å²) in [7, 11) is 0. The molecule has 0 aliphatic rings. The smallest absolute Gasteiger partial charge is 0.263 e. The fourth-order valence-electron chi connectivity index (χ4n) is 2.04. The number of hydrogen-bond acceptors (Lipinski definition) is 2. The third-order valence-electron chi connectivity index (χ3n) is 3.25. The molecule has 0 fully saturated rings. The first-order valence-corrected chi connectivity index (χ1v) is 6.48. The minimum atomic E-state index is -2.53. The first-order valence-electron chi connectivity index (χ1n) is 6.48. The highest BCUT2D eigenvalue weighted by molar-refractivity contribution is 5.84. The van der Waals surface area contributed by atoms with Gasteiger partial charge in [-0.05, 0) is 24.1 Å². The summed E-state index contributed by atoms with van der Waals surface area (Å²) in [5.74, 6) is -0.567. The number of anilines is 1. The molecule has 0 radical (unpaired) electrons. The van der Waals surface area contributed by atoms with Crippen molar-refractivity contribution in [3.05, 3.63) is 65.2 Å². The van der Waals surface area contributed by atoms with E-state index in [0.29, 0.717) is 5.56 Å². The average Bonchev–Trinajstić information content (AvgIpc) is 2.46. The van der Waals surface area contributed by atoms with Crippen molar-refractivity contribution in [3.63, 3.8) is 0 Å². The highest BCUT2D eigenvalue weighted by atomic mass is 19.3. The summed E-state index contributed by atoms with van der Waals surface area (Å²) in [5.41, 5.74) is 7.62. The van der Waals surface area contributed by atoms with Crippen LogP contribution in [0.4, 0.5) is 14.5 Å². The van der Waals surface area contributed by atoms with Crippen LogP contribution >= 0.6 is 0 Å². The largest absolute Gasteiger partial charge is 0.370 e. The van der Waals surface area contributed by atoms with E-state index < -0.39 is 18.4 Å². The standard InChI is InChI=1S/C16H16F2N2O/c1-10-4-2-3-5-13(10)20-14(16(19)21)11-6-8-12(9-7-11)15(17)18/h2-9,14-15,20H,1H3,(H2,19,21). The van der Waals surface area contributed by atoms with Gasteiger partial charge < -0.3 is 11.1 Å². The number of benzene rings is 2. The Morgan fingerprint density at radius 1 is 1.05 bits per heavy atom. The van der Waals surface area contributed by atoms with Gasteiger partial charge in [0.05, 0.1) is 0 Å². The maximum Gasteiger partial charge on any atom is 0.263 e. The van der Waals surface area contributed by atoms with Crippen LogP contribution in [-0.2, 0) is 4.79 Å². The topological polar surface area (TPSA) is 55.1 Å². The number of primary amides is 1. The highest BCUT2D eigenvalue weighted by Crippen LogP contribution is 2.25. The van der Waals surface area contributed by atoms with Gasteiger partial charge in [0.25, 0.3) is 6.43 Å². The molecular weight excluding hydrogens is 274 g/mol. The molecule has 1 unspecified atom stereocenters. The van der Waals surface area contributed by atoms with E-state index in [1.807, 2.05) is 31.2 Å². The van der Waals surface area contributed by atoms with E-state index in [2.05, 4.69) is 5.32 Å². The summed E-state index contributed by atoms with van der Waals surface area (Å²) < 4.78 is 25.1. The zero-order valence-electron chi connectivity index (χ0n) is 11.5. The lowest BCUT2D eigenvalue weighted by Gasteiger charge is -2.19. The predicted molar refractivity (Wildman–Crippen MR) is 78.1 cm³/mol. The molecule has 0 spiro atoms. The lowest BCUT2D eigenvalue weighted by atomic mass is 10.0. The van der Waals surface area contributed by atoms with Crippen LogP contribution in [-0.4, -0.2) is 5.91 Å². The van der Waals surface area contributed by atoms with E-state index in [1.54, 1.807) is 0 Å². The second-order valence-electron chi connectivity index (χ2n) is 4.76. The van der Waals surface area contributed by atoms with Crippen LogP contribution in [0, 0.1) is 6.92 Å². The van der Waals surface area contributed by atoms with E-state index >= 15 is 0 Å². The molecule has 0 bridgehead atoms. The zero-order valence-corrected chi connectivity index (χ0v) is 11.5. The number of para-hydroxylation sites is 1. The van der Waals surface area contributed by atoms with Crippen molar-refractivity contribution >= 4 is 11.6 Å². The second kappa shape index (κ2) is 6.35. The van der Waals surface area contributed by atoms with Crippen molar-refractivity contribution in [2.45, 2.75) is 19.4 Å². The van der Waals surface area contributed by atoms with E-state index in [-0.39, 0.29) is 5.56 Å². The summed E-state index contributed by atoms with van der Waals surface area (Å²) >= 11 is 0. The van der Waals surface area contributed by atoms with Crippen LogP contribution in [0.15, 0.2) is 48.5 Å². The molecule has 0 aliphatic carbocycles. The quantitative estimate of drug-likeness (QED) is 0.884. The molecule has 0 saturated heterocycles. The van der Waals surface area contributed by atoms with Crippen LogP contribution in [0.1, 0.15) is 29.2 Å². The fraction of sp³-hybridized carbons (Fsp3) is 0.188. The molecule has 5 heteroatoms. The van der Waals surface area contributed by atoms with E-state index in [0.717, 1.165) is 11.3 Å². The molecule has 110 valence electrons. The monoisotopic (exact) mass is 290 g/mol. The van der Waals surface area contributed by atoms with E-state index in [1.165, 1.54) is 24.3 Å². The normalized spacial score (nSPS) is 12.2. The first kappa shape index (κ1) is 15.0. The van der Waals surface area contributed by atoms with Gasteiger partial charge in [0.2, 0.25) is 5.91 Å². The van der Waals surface area contributed by atoms with Crippen molar-refractivity contribution in [2.24, 2.45) is 5.73 Å². The Balaban J connectivity index is 2.27. The lowest BCUT2D eigenvalue weighted by Crippen LogP contribution is -2.28. The summed E-state index contributed by atoms with van der Waals surface area (Å²) in [6.07, 6.45) is -2.53. The summed E-state index contributed by atoms with van der Waals surface area (Å²) in [6.45, 7) is 1.90. The molecule has 2 rings (SSSR count). The molecule has 1 atom stereocenters. The second-order valence-corrected chi connectivity index (χ2v) is 4.76. The van der Waals surface area contributed by atoms with Crippen molar-refractivity contribution in [3.8, 4) is 0 Å². The number of hydrogen-bond donors (Lipinski definition) is 2. The lowest BCUT2D eigenvalue weighted by molar-refractivity contribution is -0.118. The molecule has 3 nitrogen and oxygen atoms in total. The van der Waals surface area contributed by atoms with Crippen molar-refractivity contribution in [2.75, 3.05) is 5.32 Å². The van der Waals surface area contributed by atoms with Crippen LogP contribution in [0.25, 0.3) is 0 Å². The maximum absolute atomic E-state index is 12.6. The van der Waals surface area contributed by atoms with Gasteiger partial charge in [-0.2, -0.15) is 0 Å². The summed E-state index contributed by atoms with van der Waals surface area (Å²) in [4.78, 5) is 11.6. The Morgan fingerprint density at radius 3 is 2.14 bits per heavy atom.